The van der Waals surface area contributed by atoms with Gasteiger partial charge in [-0.3, -0.25) is 9.59 Å². The van der Waals surface area contributed by atoms with E-state index in [-0.39, 0.29) is 36.1 Å². The fraction of sp³-hybridized carbons (Fsp3) is 0.412. The van der Waals surface area contributed by atoms with Gasteiger partial charge in [-0.2, -0.15) is 0 Å². The molecule has 0 spiro atoms. The molecule has 2 amide bonds. The van der Waals surface area contributed by atoms with Crippen molar-refractivity contribution in [2.45, 2.75) is 50.0 Å². The van der Waals surface area contributed by atoms with Gasteiger partial charge in [-0.15, -0.1) is 23.5 Å². The average Bonchev–Trinajstić information content (AvgIpc) is 3.95. The van der Waals surface area contributed by atoms with Crippen molar-refractivity contribution in [2.75, 3.05) is 36.5 Å². The van der Waals surface area contributed by atoms with E-state index in [0.29, 0.717) is 25.0 Å². The van der Waals surface area contributed by atoms with E-state index in [0.717, 1.165) is 82.5 Å². The van der Waals surface area contributed by atoms with Crippen molar-refractivity contribution in [3.8, 4) is 33.6 Å². The SMILES string of the molecule is O=C([C@H]1CCCO1)N1CSC[C@H]1c1ncc(-c2ccc(-c3ccc(-c4cnc([C@@H]5CSCN5C(=O)[C@H]5CCCO5)[nH]4)cc3)cc2)[nH]1. The minimum Gasteiger partial charge on any atom is -0.368 e. The average molecular weight is 657 g/mol. The molecule has 0 saturated carbocycles. The molecule has 0 aliphatic carbocycles. The molecule has 2 aromatic carbocycles. The van der Waals surface area contributed by atoms with E-state index in [4.69, 9.17) is 9.47 Å². The van der Waals surface area contributed by atoms with Crippen molar-refractivity contribution in [1.82, 2.24) is 29.7 Å². The highest BCUT2D eigenvalue weighted by molar-refractivity contribution is 7.99. The van der Waals surface area contributed by atoms with Gasteiger partial charge in [-0.25, -0.2) is 9.97 Å². The van der Waals surface area contributed by atoms with Gasteiger partial charge in [0, 0.05) is 24.7 Å². The number of imidazole rings is 2. The van der Waals surface area contributed by atoms with Crippen LogP contribution in [0.3, 0.4) is 0 Å². The zero-order valence-electron chi connectivity index (χ0n) is 25.4. The van der Waals surface area contributed by atoms with Gasteiger partial charge in [0.05, 0.1) is 47.6 Å². The van der Waals surface area contributed by atoms with Crippen molar-refractivity contribution in [1.29, 1.82) is 0 Å². The second-order valence-corrected chi connectivity index (χ2v) is 14.2. The minimum atomic E-state index is -0.315. The van der Waals surface area contributed by atoms with Crippen LogP contribution in [0.5, 0.6) is 0 Å². The lowest BCUT2D eigenvalue weighted by molar-refractivity contribution is -0.142. The van der Waals surface area contributed by atoms with Crippen LogP contribution < -0.4 is 0 Å². The smallest absolute Gasteiger partial charge is 0.253 e. The molecule has 4 fully saturated rings. The number of rotatable bonds is 7. The van der Waals surface area contributed by atoms with Gasteiger partial charge in [-0.05, 0) is 47.9 Å². The summed E-state index contributed by atoms with van der Waals surface area (Å²) in [7, 11) is 0. The predicted molar refractivity (Wildman–Crippen MR) is 179 cm³/mol. The molecule has 46 heavy (non-hydrogen) atoms. The highest BCUT2D eigenvalue weighted by atomic mass is 32.2. The van der Waals surface area contributed by atoms with Crippen LogP contribution in [0.2, 0.25) is 0 Å². The third-order valence-corrected chi connectivity index (χ3v) is 11.3. The van der Waals surface area contributed by atoms with Gasteiger partial charge < -0.3 is 29.2 Å². The molecule has 4 aliphatic heterocycles. The topological polar surface area (TPSA) is 116 Å². The molecule has 6 heterocycles. The summed E-state index contributed by atoms with van der Waals surface area (Å²) in [4.78, 5) is 46.2. The Balaban J connectivity index is 0.927. The molecule has 0 unspecified atom stereocenters. The number of nitrogens with one attached hydrogen (secondary N) is 2. The summed E-state index contributed by atoms with van der Waals surface area (Å²) in [6.45, 7) is 1.33. The first-order chi connectivity index (χ1) is 22.6. The van der Waals surface area contributed by atoms with Gasteiger partial charge in [0.1, 0.15) is 23.9 Å². The standard InChI is InChI=1S/C34H36N6O4S2/c41-33(29-3-1-13-43-29)39-19-45-17-27(39)31-35-15-25(37-31)23-9-5-21(6-10-23)22-7-11-24(12-8-22)26-16-36-32(38-26)28-18-46-20-40(28)34(42)30-4-2-14-44-30/h5-12,15-16,27-30H,1-4,13-14,17-20H2,(H,35,37)(H,36,38)/t27-,28-,29+,30+/m0/s1. The maximum Gasteiger partial charge on any atom is 0.253 e. The van der Waals surface area contributed by atoms with E-state index in [1.165, 1.54) is 0 Å². The van der Waals surface area contributed by atoms with Crippen LogP contribution >= 0.6 is 23.5 Å². The number of nitrogens with zero attached hydrogens (tertiary/aromatic N) is 4. The molecule has 4 saturated heterocycles. The molecular formula is C34H36N6O4S2. The molecule has 8 rings (SSSR count). The van der Waals surface area contributed by atoms with E-state index < -0.39 is 0 Å². The Hall–Kier alpha value is -3.58. The Morgan fingerprint density at radius 2 is 1.07 bits per heavy atom. The number of H-pyrrole nitrogens is 2. The number of thioether (sulfide) groups is 2. The molecule has 2 aromatic heterocycles. The van der Waals surface area contributed by atoms with Crippen molar-refractivity contribution in [3.63, 3.8) is 0 Å². The largest absolute Gasteiger partial charge is 0.368 e. The number of ether oxygens (including phenoxy) is 2. The molecule has 238 valence electrons. The molecule has 4 atom stereocenters. The molecule has 4 aromatic rings. The Bertz CT molecular complexity index is 1570. The maximum atomic E-state index is 13.0. The van der Waals surface area contributed by atoms with Gasteiger partial charge in [-0.1, -0.05) is 48.5 Å². The molecule has 12 heteroatoms. The van der Waals surface area contributed by atoms with E-state index in [1.807, 2.05) is 22.2 Å². The van der Waals surface area contributed by atoms with Crippen LogP contribution in [0.15, 0.2) is 60.9 Å². The third kappa shape index (κ3) is 5.76. The molecule has 10 nitrogen and oxygen atoms in total. The second-order valence-electron chi connectivity index (χ2n) is 12.2. The molecule has 0 radical (unpaired) electrons. The minimum absolute atomic E-state index is 0.0656. The number of carbonyl (C=O) groups is 2. The number of aromatic nitrogens is 4. The number of carbonyl (C=O) groups excluding carboxylic acids is 2. The first-order valence-electron chi connectivity index (χ1n) is 15.9. The van der Waals surface area contributed by atoms with Gasteiger partial charge in [0.2, 0.25) is 0 Å². The number of benzene rings is 2. The zero-order valence-corrected chi connectivity index (χ0v) is 27.0. The number of amides is 2. The van der Waals surface area contributed by atoms with E-state index in [2.05, 4.69) is 68.5 Å². The van der Waals surface area contributed by atoms with E-state index >= 15 is 0 Å². The summed E-state index contributed by atoms with van der Waals surface area (Å²) in [6.07, 6.45) is 6.57. The maximum absolute atomic E-state index is 13.0. The molecule has 2 N–H and O–H groups in total. The Morgan fingerprint density at radius 1 is 0.652 bits per heavy atom. The lowest BCUT2D eigenvalue weighted by Gasteiger charge is -2.24. The second kappa shape index (κ2) is 12.9. The van der Waals surface area contributed by atoms with Crippen LogP contribution in [0, 0.1) is 0 Å². The summed E-state index contributed by atoms with van der Waals surface area (Å²) >= 11 is 3.51. The first kappa shape index (κ1) is 29.8. The van der Waals surface area contributed by atoms with Crippen molar-refractivity contribution >= 4 is 35.3 Å². The highest BCUT2D eigenvalue weighted by Crippen LogP contribution is 2.36. The Morgan fingerprint density at radius 3 is 1.46 bits per heavy atom. The highest BCUT2D eigenvalue weighted by Gasteiger charge is 2.39. The summed E-state index contributed by atoms with van der Waals surface area (Å²) < 4.78 is 11.3. The predicted octanol–water partition coefficient (Wildman–Crippen LogP) is 5.64. The monoisotopic (exact) mass is 656 g/mol. The Kier molecular flexibility index (Phi) is 8.36. The number of hydrogen-bond donors (Lipinski definition) is 2. The summed E-state index contributed by atoms with van der Waals surface area (Å²) in [5, 5.41) is 0. The van der Waals surface area contributed by atoms with Crippen molar-refractivity contribution < 1.29 is 19.1 Å². The van der Waals surface area contributed by atoms with Crippen LogP contribution in [0.25, 0.3) is 33.6 Å². The molecular weight excluding hydrogens is 621 g/mol. The molecule has 4 aliphatic rings. The normalized spacial score (nSPS) is 24.7. The van der Waals surface area contributed by atoms with Crippen LogP contribution in [-0.4, -0.2) is 90.2 Å². The quantitative estimate of drug-likeness (QED) is 0.263. The van der Waals surface area contributed by atoms with Crippen LogP contribution in [0.1, 0.15) is 49.4 Å². The zero-order chi connectivity index (χ0) is 31.0. The Labute approximate surface area is 276 Å². The van der Waals surface area contributed by atoms with E-state index in [1.54, 1.807) is 23.5 Å². The first-order valence-corrected chi connectivity index (χ1v) is 18.2. The number of hydrogen-bond acceptors (Lipinski definition) is 8. The van der Waals surface area contributed by atoms with Gasteiger partial charge >= 0.3 is 0 Å². The lowest BCUT2D eigenvalue weighted by Crippen LogP contribution is -2.39. The molecule has 0 bridgehead atoms. The summed E-state index contributed by atoms with van der Waals surface area (Å²) in [6, 6.07) is 16.8. The summed E-state index contributed by atoms with van der Waals surface area (Å²) in [5.41, 5.74) is 6.20. The number of aromatic amines is 2. The fourth-order valence-electron chi connectivity index (χ4n) is 6.68. The summed E-state index contributed by atoms with van der Waals surface area (Å²) in [5.74, 6) is 4.80. The third-order valence-electron chi connectivity index (χ3n) is 9.29. The van der Waals surface area contributed by atoms with Crippen molar-refractivity contribution in [2.24, 2.45) is 0 Å². The van der Waals surface area contributed by atoms with Crippen LogP contribution in [-0.2, 0) is 19.1 Å². The van der Waals surface area contributed by atoms with Gasteiger partial charge in [0.15, 0.2) is 0 Å². The van der Waals surface area contributed by atoms with E-state index in [9.17, 15) is 9.59 Å². The van der Waals surface area contributed by atoms with Crippen LogP contribution in [0.4, 0.5) is 0 Å². The lowest BCUT2D eigenvalue weighted by atomic mass is 10.0. The van der Waals surface area contributed by atoms with Crippen molar-refractivity contribution in [3.05, 3.63) is 72.6 Å². The van der Waals surface area contributed by atoms with Gasteiger partial charge in [0.25, 0.3) is 11.8 Å². The fourth-order valence-corrected chi connectivity index (χ4v) is 9.02.